The number of rotatable bonds is 6. The number of hydrogen-bond acceptors (Lipinski definition) is 6. The second kappa shape index (κ2) is 8.62. The van der Waals surface area contributed by atoms with Gasteiger partial charge in [-0.3, -0.25) is 9.69 Å². The molecule has 3 rings (SSSR count). The van der Waals surface area contributed by atoms with Crippen molar-refractivity contribution in [3.05, 3.63) is 59.2 Å². The predicted molar refractivity (Wildman–Crippen MR) is 108 cm³/mol. The first-order valence-electron chi connectivity index (χ1n) is 8.70. The molecule has 152 valence electrons. The van der Waals surface area contributed by atoms with Crippen molar-refractivity contribution in [1.82, 2.24) is 9.88 Å². The summed E-state index contributed by atoms with van der Waals surface area (Å²) < 4.78 is 32.6. The number of carbonyl (C=O) groups excluding carboxylic acids is 2. The Kier molecular flexibility index (Phi) is 6.19. The van der Waals surface area contributed by atoms with Crippen molar-refractivity contribution >= 4 is 38.6 Å². The number of amides is 1. The highest BCUT2D eigenvalue weighted by Gasteiger charge is 2.23. The van der Waals surface area contributed by atoms with E-state index < -0.39 is 17.6 Å². The monoisotopic (exact) mass is 419 g/mol. The molecule has 0 saturated heterocycles. The number of aromatic nitrogens is 1. The molecular formula is C20H19F2N3O3S. The van der Waals surface area contributed by atoms with E-state index in [1.165, 1.54) is 42.3 Å². The lowest BCUT2D eigenvalue weighted by Crippen LogP contribution is -2.36. The number of anilines is 1. The van der Waals surface area contributed by atoms with Crippen LogP contribution in [0.2, 0.25) is 0 Å². The number of likely N-dealkylation sites (N-methyl/N-ethyl adjacent to an activating group) is 1. The van der Waals surface area contributed by atoms with Gasteiger partial charge >= 0.3 is 5.97 Å². The molecular weight excluding hydrogens is 400 g/mol. The van der Waals surface area contributed by atoms with E-state index in [9.17, 15) is 18.4 Å². The Balaban J connectivity index is 1.97. The van der Waals surface area contributed by atoms with Crippen LogP contribution < -0.4 is 4.90 Å². The van der Waals surface area contributed by atoms with Crippen molar-refractivity contribution in [2.24, 2.45) is 0 Å². The van der Waals surface area contributed by atoms with Crippen LogP contribution in [0.4, 0.5) is 13.9 Å². The highest BCUT2D eigenvalue weighted by atomic mass is 32.1. The Bertz CT molecular complexity index is 1050. The SMILES string of the molecule is COC(=O)c1ccc(C(=O)N(CCN(C)C)c2nc3c(F)cc(F)cc3s2)cc1. The lowest BCUT2D eigenvalue weighted by Gasteiger charge is -2.22. The summed E-state index contributed by atoms with van der Waals surface area (Å²) in [4.78, 5) is 32.3. The van der Waals surface area contributed by atoms with Gasteiger partial charge in [0.1, 0.15) is 11.3 Å². The third-order valence-electron chi connectivity index (χ3n) is 4.20. The van der Waals surface area contributed by atoms with E-state index in [1.54, 1.807) is 0 Å². The summed E-state index contributed by atoms with van der Waals surface area (Å²) in [5.41, 5.74) is 0.679. The van der Waals surface area contributed by atoms with Gasteiger partial charge in [0.2, 0.25) is 0 Å². The quantitative estimate of drug-likeness (QED) is 0.572. The normalized spacial score (nSPS) is 11.1. The van der Waals surface area contributed by atoms with E-state index in [2.05, 4.69) is 9.72 Å². The molecule has 3 aromatic rings. The second-order valence-electron chi connectivity index (χ2n) is 6.56. The molecule has 0 radical (unpaired) electrons. The van der Waals surface area contributed by atoms with Crippen molar-refractivity contribution in [2.75, 3.05) is 39.2 Å². The minimum atomic E-state index is -0.773. The van der Waals surface area contributed by atoms with Gasteiger partial charge in [0.25, 0.3) is 5.91 Å². The standard InChI is InChI=1S/C20H19F2N3O3S/c1-24(2)8-9-25(18(26)12-4-6-13(7-5-12)19(27)28-3)20-23-17-15(22)10-14(21)11-16(17)29-20/h4-7,10-11H,8-9H2,1-3H3. The first kappa shape index (κ1) is 20.8. The van der Waals surface area contributed by atoms with Crippen molar-refractivity contribution in [3.8, 4) is 0 Å². The largest absolute Gasteiger partial charge is 0.465 e. The van der Waals surface area contributed by atoms with Crippen LogP contribution in [0.3, 0.4) is 0 Å². The highest BCUT2D eigenvalue weighted by molar-refractivity contribution is 7.22. The maximum absolute atomic E-state index is 14.1. The van der Waals surface area contributed by atoms with Crippen molar-refractivity contribution in [1.29, 1.82) is 0 Å². The molecule has 6 nitrogen and oxygen atoms in total. The molecule has 0 spiro atoms. The molecule has 1 amide bonds. The number of fused-ring (bicyclic) bond motifs is 1. The molecule has 0 aliphatic carbocycles. The number of esters is 1. The van der Waals surface area contributed by atoms with Crippen molar-refractivity contribution < 1.29 is 23.1 Å². The molecule has 9 heteroatoms. The molecule has 1 heterocycles. The van der Waals surface area contributed by atoms with E-state index in [0.29, 0.717) is 28.9 Å². The first-order chi connectivity index (χ1) is 13.8. The smallest absolute Gasteiger partial charge is 0.337 e. The number of hydrogen-bond donors (Lipinski definition) is 0. The Morgan fingerprint density at radius 3 is 2.34 bits per heavy atom. The summed E-state index contributed by atoms with van der Waals surface area (Å²) in [6, 6.07) is 7.99. The lowest BCUT2D eigenvalue weighted by molar-refractivity contribution is 0.0600. The maximum Gasteiger partial charge on any atom is 0.337 e. The van der Waals surface area contributed by atoms with Crippen LogP contribution in [-0.2, 0) is 4.74 Å². The van der Waals surface area contributed by atoms with Gasteiger partial charge < -0.3 is 9.64 Å². The summed E-state index contributed by atoms with van der Waals surface area (Å²) in [6.45, 7) is 0.841. The Hall–Kier alpha value is -2.91. The van der Waals surface area contributed by atoms with Crippen LogP contribution in [0.1, 0.15) is 20.7 Å². The van der Waals surface area contributed by atoms with E-state index in [0.717, 1.165) is 17.4 Å². The summed E-state index contributed by atoms with van der Waals surface area (Å²) in [7, 11) is 5.00. The van der Waals surface area contributed by atoms with Crippen LogP contribution in [0.5, 0.6) is 0 Å². The van der Waals surface area contributed by atoms with Crippen LogP contribution in [-0.4, -0.2) is 56.1 Å². The fraction of sp³-hybridized carbons (Fsp3) is 0.250. The zero-order chi connectivity index (χ0) is 21.1. The summed E-state index contributed by atoms with van der Waals surface area (Å²) in [5, 5.41) is 0.272. The average Bonchev–Trinajstić information content (AvgIpc) is 3.11. The van der Waals surface area contributed by atoms with Crippen LogP contribution in [0.25, 0.3) is 10.2 Å². The average molecular weight is 419 g/mol. The Morgan fingerprint density at radius 1 is 1.07 bits per heavy atom. The number of thiazole rings is 1. The number of nitrogens with zero attached hydrogens (tertiary/aromatic N) is 3. The van der Waals surface area contributed by atoms with Crippen molar-refractivity contribution in [2.45, 2.75) is 0 Å². The summed E-state index contributed by atoms with van der Waals surface area (Å²) >= 11 is 1.04. The molecule has 0 bridgehead atoms. The highest BCUT2D eigenvalue weighted by Crippen LogP contribution is 2.32. The van der Waals surface area contributed by atoms with Crippen molar-refractivity contribution in [3.63, 3.8) is 0 Å². The molecule has 1 aromatic heterocycles. The lowest BCUT2D eigenvalue weighted by atomic mass is 10.1. The molecule has 0 atom stereocenters. The van der Waals surface area contributed by atoms with Crippen LogP contribution >= 0.6 is 11.3 Å². The van der Waals surface area contributed by atoms with Gasteiger partial charge in [-0.25, -0.2) is 18.6 Å². The van der Waals surface area contributed by atoms with E-state index in [-0.39, 0.29) is 16.6 Å². The number of halogens is 2. The fourth-order valence-electron chi connectivity index (χ4n) is 2.67. The Labute approximate surface area is 170 Å². The summed E-state index contributed by atoms with van der Waals surface area (Å²) in [5.74, 6) is -2.33. The molecule has 29 heavy (non-hydrogen) atoms. The third-order valence-corrected chi connectivity index (χ3v) is 5.23. The van der Waals surface area contributed by atoms with Gasteiger partial charge in [-0.1, -0.05) is 11.3 Å². The molecule has 2 aromatic carbocycles. The first-order valence-corrected chi connectivity index (χ1v) is 9.52. The topological polar surface area (TPSA) is 62.7 Å². The number of benzene rings is 2. The minimum absolute atomic E-state index is 0.0232. The second-order valence-corrected chi connectivity index (χ2v) is 7.57. The van der Waals surface area contributed by atoms with Gasteiger partial charge in [0.15, 0.2) is 10.9 Å². The summed E-state index contributed by atoms with van der Waals surface area (Å²) in [6.07, 6.45) is 0. The number of ether oxygens (including phenoxy) is 1. The molecule has 0 aliphatic heterocycles. The molecule has 0 fully saturated rings. The van der Waals surface area contributed by atoms with Gasteiger partial charge in [-0.05, 0) is 44.4 Å². The third kappa shape index (κ3) is 4.57. The molecule has 0 unspecified atom stereocenters. The molecule has 0 saturated carbocycles. The zero-order valence-corrected chi connectivity index (χ0v) is 16.9. The van der Waals surface area contributed by atoms with Crippen LogP contribution in [0, 0.1) is 11.6 Å². The Morgan fingerprint density at radius 2 is 1.72 bits per heavy atom. The van der Waals surface area contributed by atoms with E-state index in [4.69, 9.17) is 0 Å². The van der Waals surface area contributed by atoms with Gasteiger partial charge in [-0.2, -0.15) is 0 Å². The number of carbonyl (C=O) groups is 2. The van der Waals surface area contributed by atoms with Gasteiger partial charge in [-0.15, -0.1) is 0 Å². The molecule has 0 aliphatic rings. The maximum atomic E-state index is 14.1. The minimum Gasteiger partial charge on any atom is -0.465 e. The van der Waals surface area contributed by atoms with E-state index in [1.807, 2.05) is 19.0 Å². The van der Waals surface area contributed by atoms with Crippen LogP contribution in [0.15, 0.2) is 36.4 Å². The fourth-order valence-corrected chi connectivity index (χ4v) is 3.70. The van der Waals surface area contributed by atoms with Gasteiger partial charge in [0, 0.05) is 24.7 Å². The zero-order valence-electron chi connectivity index (χ0n) is 16.1. The molecule has 0 N–H and O–H groups in total. The predicted octanol–water partition coefficient (Wildman–Crippen LogP) is 3.57. The van der Waals surface area contributed by atoms with Gasteiger partial charge in [0.05, 0.1) is 17.4 Å². The number of methoxy groups -OCH3 is 1. The van der Waals surface area contributed by atoms with E-state index >= 15 is 0 Å².